The molecule has 0 bridgehead atoms. The highest BCUT2D eigenvalue weighted by atomic mass is 16.5. The lowest BCUT2D eigenvalue weighted by molar-refractivity contribution is -0.131. The smallest absolute Gasteiger partial charge is 0.236 e. The third kappa shape index (κ3) is 4.65. The lowest BCUT2D eigenvalue weighted by atomic mass is 10.2. The van der Waals surface area contributed by atoms with Crippen LogP contribution in [0, 0.1) is 6.92 Å². The average molecular weight is 268 g/mol. The number of methoxy groups -OCH3 is 1. The summed E-state index contributed by atoms with van der Waals surface area (Å²) in [5.74, 6) is 0.0989. The van der Waals surface area contributed by atoms with Gasteiger partial charge < -0.3 is 9.64 Å². The van der Waals surface area contributed by atoms with Crippen molar-refractivity contribution in [2.75, 3.05) is 40.9 Å². The molecular weight excluding hydrogens is 244 g/mol. The fraction of sp³-hybridized carbons (Fsp3) is 0.692. The minimum Gasteiger partial charge on any atom is -0.383 e. The Balaban J connectivity index is 2.46. The van der Waals surface area contributed by atoms with Crippen molar-refractivity contribution in [2.45, 2.75) is 13.5 Å². The summed E-state index contributed by atoms with van der Waals surface area (Å²) in [6.07, 6.45) is 1.81. The number of hydrogen-bond donors (Lipinski definition) is 0. The molecule has 0 atom stereocenters. The Morgan fingerprint density at radius 1 is 1.47 bits per heavy atom. The van der Waals surface area contributed by atoms with Crippen LogP contribution < -0.4 is 0 Å². The number of amides is 1. The van der Waals surface area contributed by atoms with Crippen molar-refractivity contribution in [3.8, 4) is 0 Å². The molecule has 0 unspecified atom stereocenters. The molecule has 0 fully saturated rings. The van der Waals surface area contributed by atoms with Crippen molar-refractivity contribution < 1.29 is 9.53 Å². The molecule has 108 valence electrons. The zero-order valence-corrected chi connectivity index (χ0v) is 12.5. The number of rotatable bonds is 7. The first kappa shape index (κ1) is 15.7. The molecule has 0 aliphatic heterocycles. The molecule has 6 nitrogen and oxygen atoms in total. The summed E-state index contributed by atoms with van der Waals surface area (Å²) in [7, 11) is 7.30. The molecule has 1 aromatic rings. The maximum atomic E-state index is 12.1. The van der Waals surface area contributed by atoms with Gasteiger partial charge in [0.05, 0.1) is 19.3 Å². The second-order valence-corrected chi connectivity index (χ2v) is 4.86. The Kier molecular flexibility index (Phi) is 5.98. The van der Waals surface area contributed by atoms with Crippen molar-refractivity contribution >= 4 is 5.91 Å². The highest BCUT2D eigenvalue weighted by molar-refractivity contribution is 5.77. The molecule has 1 heterocycles. The van der Waals surface area contributed by atoms with Crippen molar-refractivity contribution in [3.63, 3.8) is 0 Å². The summed E-state index contributed by atoms with van der Waals surface area (Å²) in [6, 6.07) is 0. The maximum absolute atomic E-state index is 12.1. The van der Waals surface area contributed by atoms with Gasteiger partial charge in [-0.3, -0.25) is 14.4 Å². The average Bonchev–Trinajstić information content (AvgIpc) is 2.68. The van der Waals surface area contributed by atoms with E-state index in [2.05, 4.69) is 5.10 Å². The van der Waals surface area contributed by atoms with Crippen LogP contribution in [-0.2, 0) is 23.1 Å². The molecule has 0 N–H and O–H groups in total. The standard InChI is InChI=1S/C13H24N4O2/c1-11-12(8-14-17(11)4)9-16(3)13(18)10-15(2)6-7-19-5/h8H,6-7,9-10H2,1-5H3. The van der Waals surface area contributed by atoms with E-state index < -0.39 is 0 Å². The third-order valence-electron chi connectivity index (χ3n) is 3.25. The molecule has 1 aromatic heterocycles. The van der Waals surface area contributed by atoms with Gasteiger partial charge in [-0.15, -0.1) is 0 Å². The molecule has 0 aromatic carbocycles. The molecule has 0 spiro atoms. The van der Waals surface area contributed by atoms with Crippen LogP contribution in [0.15, 0.2) is 6.20 Å². The number of aromatic nitrogens is 2. The third-order valence-corrected chi connectivity index (χ3v) is 3.25. The lowest BCUT2D eigenvalue weighted by Crippen LogP contribution is -2.37. The van der Waals surface area contributed by atoms with Crippen LogP contribution in [-0.4, -0.2) is 66.4 Å². The molecule has 0 radical (unpaired) electrons. The summed E-state index contributed by atoms with van der Waals surface area (Å²) in [5.41, 5.74) is 2.17. The molecular formula is C13H24N4O2. The second-order valence-electron chi connectivity index (χ2n) is 4.86. The Labute approximate surface area is 114 Å². The minimum absolute atomic E-state index is 0.0989. The van der Waals surface area contributed by atoms with Crippen LogP contribution in [0.25, 0.3) is 0 Å². The van der Waals surface area contributed by atoms with Crippen LogP contribution in [0.3, 0.4) is 0 Å². The van der Waals surface area contributed by atoms with Gasteiger partial charge in [-0.05, 0) is 14.0 Å². The van der Waals surface area contributed by atoms with E-state index in [0.29, 0.717) is 19.7 Å². The van der Waals surface area contributed by atoms with Gasteiger partial charge in [0.1, 0.15) is 0 Å². The number of ether oxygens (including phenoxy) is 1. The van der Waals surface area contributed by atoms with E-state index in [1.165, 1.54) is 0 Å². The van der Waals surface area contributed by atoms with Crippen molar-refractivity contribution in [2.24, 2.45) is 7.05 Å². The van der Waals surface area contributed by atoms with Gasteiger partial charge in [0.25, 0.3) is 0 Å². The first-order valence-electron chi connectivity index (χ1n) is 6.34. The zero-order valence-electron chi connectivity index (χ0n) is 12.5. The zero-order chi connectivity index (χ0) is 14.4. The van der Waals surface area contributed by atoms with Crippen LogP contribution in [0.1, 0.15) is 11.3 Å². The largest absolute Gasteiger partial charge is 0.383 e. The molecule has 6 heteroatoms. The fourth-order valence-electron chi connectivity index (χ4n) is 1.72. The van der Waals surface area contributed by atoms with E-state index in [1.807, 2.05) is 43.8 Å². The van der Waals surface area contributed by atoms with Gasteiger partial charge >= 0.3 is 0 Å². The molecule has 0 aliphatic carbocycles. The molecule has 0 saturated carbocycles. The molecule has 0 saturated heterocycles. The quantitative estimate of drug-likeness (QED) is 0.712. The number of aryl methyl sites for hydroxylation is 1. The number of hydrogen-bond acceptors (Lipinski definition) is 4. The van der Waals surface area contributed by atoms with Gasteiger partial charge in [-0.2, -0.15) is 5.10 Å². The molecule has 19 heavy (non-hydrogen) atoms. The van der Waals surface area contributed by atoms with E-state index >= 15 is 0 Å². The predicted octanol–water partition coefficient (Wildman–Crippen LogP) is 0.265. The van der Waals surface area contributed by atoms with E-state index in [9.17, 15) is 4.79 Å². The minimum atomic E-state index is 0.0989. The van der Waals surface area contributed by atoms with E-state index in [-0.39, 0.29) is 5.91 Å². The Morgan fingerprint density at radius 3 is 2.68 bits per heavy atom. The number of likely N-dealkylation sites (N-methyl/N-ethyl adjacent to an activating group) is 2. The van der Waals surface area contributed by atoms with Crippen molar-refractivity contribution in [3.05, 3.63) is 17.5 Å². The number of carbonyl (C=O) groups excluding carboxylic acids is 1. The predicted molar refractivity (Wildman–Crippen MR) is 73.8 cm³/mol. The van der Waals surface area contributed by atoms with E-state index in [1.54, 1.807) is 12.0 Å². The van der Waals surface area contributed by atoms with Gasteiger partial charge in [0.15, 0.2) is 0 Å². The summed E-state index contributed by atoms with van der Waals surface area (Å²) in [4.78, 5) is 15.7. The fourth-order valence-corrected chi connectivity index (χ4v) is 1.72. The molecule has 1 amide bonds. The highest BCUT2D eigenvalue weighted by Crippen LogP contribution is 2.08. The van der Waals surface area contributed by atoms with Crippen LogP contribution in [0.4, 0.5) is 0 Å². The maximum Gasteiger partial charge on any atom is 0.236 e. The number of nitrogens with zero attached hydrogens (tertiary/aromatic N) is 4. The Hall–Kier alpha value is -1.40. The Morgan fingerprint density at radius 2 is 2.16 bits per heavy atom. The van der Waals surface area contributed by atoms with Crippen LogP contribution in [0.2, 0.25) is 0 Å². The van der Waals surface area contributed by atoms with Gasteiger partial charge in [0, 0.05) is 45.6 Å². The van der Waals surface area contributed by atoms with Gasteiger partial charge in [-0.25, -0.2) is 0 Å². The number of carbonyl (C=O) groups is 1. The van der Waals surface area contributed by atoms with Crippen molar-refractivity contribution in [1.29, 1.82) is 0 Å². The first-order chi connectivity index (χ1) is 8.95. The monoisotopic (exact) mass is 268 g/mol. The normalized spacial score (nSPS) is 11.1. The van der Waals surface area contributed by atoms with Gasteiger partial charge in [0.2, 0.25) is 5.91 Å². The topological polar surface area (TPSA) is 50.6 Å². The SMILES string of the molecule is COCCN(C)CC(=O)N(C)Cc1cnn(C)c1C. The summed E-state index contributed by atoms with van der Waals surface area (Å²) < 4.78 is 6.81. The Bertz CT molecular complexity index is 417. The summed E-state index contributed by atoms with van der Waals surface area (Å²) in [5, 5.41) is 4.18. The molecule has 0 aliphatic rings. The lowest BCUT2D eigenvalue weighted by Gasteiger charge is -2.21. The molecule has 1 rings (SSSR count). The van der Waals surface area contributed by atoms with Crippen LogP contribution >= 0.6 is 0 Å². The second kappa shape index (κ2) is 7.25. The van der Waals surface area contributed by atoms with Crippen LogP contribution in [0.5, 0.6) is 0 Å². The summed E-state index contributed by atoms with van der Waals surface area (Å²) >= 11 is 0. The summed E-state index contributed by atoms with van der Waals surface area (Å²) in [6.45, 7) is 4.39. The first-order valence-corrected chi connectivity index (χ1v) is 6.34. The van der Waals surface area contributed by atoms with Crippen molar-refractivity contribution in [1.82, 2.24) is 19.6 Å². The van der Waals surface area contributed by atoms with Gasteiger partial charge in [-0.1, -0.05) is 0 Å². The van der Waals surface area contributed by atoms with E-state index in [0.717, 1.165) is 17.8 Å². The highest BCUT2D eigenvalue weighted by Gasteiger charge is 2.14. The van der Waals surface area contributed by atoms with E-state index in [4.69, 9.17) is 4.74 Å².